The first-order valence-corrected chi connectivity index (χ1v) is 5.92. The normalized spacial score (nSPS) is 12.9. The van der Waals surface area contributed by atoms with Gasteiger partial charge < -0.3 is 10.8 Å². The third kappa shape index (κ3) is 2.63. The van der Waals surface area contributed by atoms with Crippen molar-refractivity contribution in [2.75, 3.05) is 6.61 Å². The maximum atomic E-state index is 8.85. The van der Waals surface area contributed by atoms with E-state index < -0.39 is 0 Å². The van der Waals surface area contributed by atoms with Crippen LogP contribution in [0.1, 0.15) is 46.7 Å². The van der Waals surface area contributed by atoms with Gasteiger partial charge in [-0.1, -0.05) is 6.07 Å². The van der Waals surface area contributed by atoms with E-state index >= 15 is 0 Å². The maximum absolute atomic E-state index is 8.85. The van der Waals surface area contributed by atoms with Gasteiger partial charge >= 0.3 is 0 Å². The number of nitrogens with two attached hydrogens (primary N) is 1. The highest BCUT2D eigenvalue weighted by Gasteiger charge is 2.14. The first-order valence-electron chi connectivity index (χ1n) is 5.92. The van der Waals surface area contributed by atoms with Crippen molar-refractivity contribution in [1.82, 2.24) is 0 Å². The number of rotatable bonds is 4. The van der Waals surface area contributed by atoms with Gasteiger partial charge in [0.1, 0.15) is 0 Å². The minimum Gasteiger partial charge on any atom is -0.396 e. The standard InChI is InChI=1S/C14H23NO/c1-9-8-10(2)12(4)14(11(9)3)13(15)6-5-7-16/h8,13,16H,5-7,15H2,1-4H3. The molecule has 0 aliphatic carbocycles. The number of hydrogen-bond donors (Lipinski definition) is 2. The highest BCUT2D eigenvalue weighted by Crippen LogP contribution is 2.28. The summed E-state index contributed by atoms with van der Waals surface area (Å²) in [6.45, 7) is 8.75. The van der Waals surface area contributed by atoms with Crippen molar-refractivity contribution in [3.8, 4) is 0 Å². The van der Waals surface area contributed by atoms with E-state index in [1.165, 1.54) is 27.8 Å². The molecule has 1 aromatic rings. The molecule has 0 aromatic heterocycles. The van der Waals surface area contributed by atoms with Crippen LogP contribution in [-0.4, -0.2) is 11.7 Å². The summed E-state index contributed by atoms with van der Waals surface area (Å²) in [5.41, 5.74) is 12.7. The number of aryl methyl sites for hydroxylation is 2. The molecule has 0 aliphatic rings. The van der Waals surface area contributed by atoms with Crippen molar-refractivity contribution in [2.45, 2.75) is 46.6 Å². The van der Waals surface area contributed by atoms with E-state index in [0.717, 1.165) is 12.8 Å². The van der Waals surface area contributed by atoms with E-state index in [4.69, 9.17) is 10.8 Å². The Morgan fingerprint density at radius 3 is 2.06 bits per heavy atom. The highest BCUT2D eigenvalue weighted by atomic mass is 16.2. The zero-order valence-corrected chi connectivity index (χ0v) is 10.8. The molecule has 0 spiro atoms. The topological polar surface area (TPSA) is 46.2 Å². The molecule has 0 aliphatic heterocycles. The summed E-state index contributed by atoms with van der Waals surface area (Å²) in [7, 11) is 0. The Morgan fingerprint density at radius 2 is 1.62 bits per heavy atom. The lowest BCUT2D eigenvalue weighted by atomic mass is 9.88. The summed E-state index contributed by atoms with van der Waals surface area (Å²) in [4.78, 5) is 0. The summed E-state index contributed by atoms with van der Waals surface area (Å²) >= 11 is 0. The SMILES string of the molecule is Cc1cc(C)c(C)c(C(N)CCCO)c1C. The van der Waals surface area contributed by atoms with Crippen LogP contribution in [0.3, 0.4) is 0 Å². The zero-order valence-electron chi connectivity index (χ0n) is 10.8. The molecule has 1 unspecified atom stereocenters. The summed E-state index contributed by atoms with van der Waals surface area (Å²) < 4.78 is 0. The average molecular weight is 221 g/mol. The van der Waals surface area contributed by atoms with Crippen molar-refractivity contribution < 1.29 is 5.11 Å². The summed E-state index contributed by atoms with van der Waals surface area (Å²) in [5.74, 6) is 0. The summed E-state index contributed by atoms with van der Waals surface area (Å²) in [5, 5.41) is 8.85. The summed E-state index contributed by atoms with van der Waals surface area (Å²) in [6, 6.07) is 2.26. The Labute approximate surface area is 98.5 Å². The van der Waals surface area contributed by atoms with Gasteiger partial charge in [0, 0.05) is 12.6 Å². The van der Waals surface area contributed by atoms with Gasteiger partial charge in [-0.25, -0.2) is 0 Å². The average Bonchev–Trinajstić information content (AvgIpc) is 2.24. The van der Waals surface area contributed by atoms with Gasteiger partial charge in [-0.15, -0.1) is 0 Å². The van der Waals surface area contributed by atoms with Crippen molar-refractivity contribution in [3.05, 3.63) is 33.9 Å². The molecule has 0 bridgehead atoms. The van der Waals surface area contributed by atoms with Gasteiger partial charge in [0.05, 0.1) is 0 Å². The quantitative estimate of drug-likeness (QED) is 0.821. The fourth-order valence-corrected chi connectivity index (χ4v) is 2.26. The van der Waals surface area contributed by atoms with Gasteiger partial charge in [0.2, 0.25) is 0 Å². The van der Waals surface area contributed by atoms with Crippen LogP contribution in [0.15, 0.2) is 6.07 Å². The van der Waals surface area contributed by atoms with Crippen LogP contribution in [0, 0.1) is 27.7 Å². The molecular weight excluding hydrogens is 198 g/mol. The van der Waals surface area contributed by atoms with Crippen molar-refractivity contribution >= 4 is 0 Å². The van der Waals surface area contributed by atoms with Crippen molar-refractivity contribution in [3.63, 3.8) is 0 Å². The van der Waals surface area contributed by atoms with Gasteiger partial charge in [0.15, 0.2) is 0 Å². The second-order valence-electron chi connectivity index (χ2n) is 4.65. The highest BCUT2D eigenvalue weighted by molar-refractivity contribution is 5.45. The van der Waals surface area contributed by atoms with Gasteiger partial charge in [-0.2, -0.15) is 0 Å². The van der Waals surface area contributed by atoms with Crippen LogP contribution in [0.5, 0.6) is 0 Å². The molecule has 0 saturated heterocycles. The van der Waals surface area contributed by atoms with Crippen LogP contribution < -0.4 is 5.73 Å². The lowest BCUT2D eigenvalue weighted by Crippen LogP contribution is -2.15. The number of benzene rings is 1. The molecular formula is C14H23NO. The van der Waals surface area contributed by atoms with Gasteiger partial charge in [-0.3, -0.25) is 0 Å². The number of aliphatic hydroxyl groups is 1. The summed E-state index contributed by atoms with van der Waals surface area (Å²) in [6.07, 6.45) is 1.62. The van der Waals surface area contributed by atoms with Crippen molar-refractivity contribution in [1.29, 1.82) is 0 Å². The lowest BCUT2D eigenvalue weighted by molar-refractivity contribution is 0.280. The van der Waals surface area contributed by atoms with E-state index in [2.05, 4.69) is 33.8 Å². The Morgan fingerprint density at radius 1 is 1.12 bits per heavy atom. The van der Waals surface area contributed by atoms with Gasteiger partial charge in [-0.05, 0) is 68.4 Å². The number of aliphatic hydroxyl groups excluding tert-OH is 1. The molecule has 90 valence electrons. The predicted molar refractivity (Wildman–Crippen MR) is 68.6 cm³/mol. The Balaban J connectivity index is 3.11. The molecule has 1 atom stereocenters. The van der Waals surface area contributed by atoms with Crippen LogP contribution in [-0.2, 0) is 0 Å². The molecule has 1 aromatic carbocycles. The van der Waals surface area contributed by atoms with E-state index in [1.807, 2.05) is 0 Å². The second kappa shape index (κ2) is 5.46. The fourth-order valence-electron chi connectivity index (χ4n) is 2.26. The van der Waals surface area contributed by atoms with Crippen LogP contribution in [0.25, 0.3) is 0 Å². The minimum atomic E-state index is 0.0470. The molecule has 0 fully saturated rings. The molecule has 2 nitrogen and oxygen atoms in total. The maximum Gasteiger partial charge on any atom is 0.0431 e. The molecule has 16 heavy (non-hydrogen) atoms. The van der Waals surface area contributed by atoms with E-state index in [9.17, 15) is 0 Å². The molecule has 0 radical (unpaired) electrons. The molecule has 0 saturated carbocycles. The first-order chi connectivity index (χ1) is 7.49. The third-order valence-corrected chi connectivity index (χ3v) is 3.47. The molecule has 2 heteroatoms. The predicted octanol–water partition coefficient (Wildman–Crippen LogP) is 2.69. The van der Waals surface area contributed by atoms with Crippen LogP contribution >= 0.6 is 0 Å². The molecule has 0 heterocycles. The van der Waals surface area contributed by atoms with E-state index in [0.29, 0.717) is 0 Å². The second-order valence-corrected chi connectivity index (χ2v) is 4.65. The van der Waals surface area contributed by atoms with Crippen LogP contribution in [0.2, 0.25) is 0 Å². The largest absolute Gasteiger partial charge is 0.396 e. The van der Waals surface area contributed by atoms with E-state index in [1.54, 1.807) is 0 Å². The fraction of sp³-hybridized carbons (Fsp3) is 0.571. The van der Waals surface area contributed by atoms with E-state index in [-0.39, 0.29) is 12.6 Å². The zero-order chi connectivity index (χ0) is 12.3. The van der Waals surface area contributed by atoms with Gasteiger partial charge in [0.25, 0.3) is 0 Å². The van der Waals surface area contributed by atoms with Crippen molar-refractivity contribution in [2.24, 2.45) is 5.73 Å². The minimum absolute atomic E-state index is 0.0470. The monoisotopic (exact) mass is 221 g/mol. The Kier molecular flexibility index (Phi) is 4.51. The first kappa shape index (κ1) is 13.2. The van der Waals surface area contributed by atoms with Crippen LogP contribution in [0.4, 0.5) is 0 Å². The lowest BCUT2D eigenvalue weighted by Gasteiger charge is -2.20. The smallest absolute Gasteiger partial charge is 0.0431 e. The molecule has 1 rings (SSSR count). The Bertz CT molecular complexity index is 345. The third-order valence-electron chi connectivity index (χ3n) is 3.47. The molecule has 3 N–H and O–H groups in total. The molecule has 0 amide bonds. The number of hydrogen-bond acceptors (Lipinski definition) is 2. The Hall–Kier alpha value is -0.860.